The normalized spacial score (nSPS) is 15.3. The summed E-state index contributed by atoms with van der Waals surface area (Å²) in [5, 5.41) is 18.6. The van der Waals surface area contributed by atoms with Gasteiger partial charge in [0.25, 0.3) is 12.9 Å². The van der Waals surface area contributed by atoms with Crippen LogP contribution in [-0.2, 0) is 12.8 Å². The zero-order chi connectivity index (χ0) is 41.2. The number of ether oxygens (including phenoxy) is 4. The highest BCUT2D eigenvalue weighted by molar-refractivity contribution is 5.88. The Hall–Kier alpha value is -5.80. The van der Waals surface area contributed by atoms with Gasteiger partial charge in [-0.05, 0) is 60.1 Å². The van der Waals surface area contributed by atoms with Gasteiger partial charge in [-0.25, -0.2) is 27.2 Å². The lowest BCUT2D eigenvalue weighted by Crippen LogP contribution is -2.28. The molecule has 0 saturated carbocycles. The number of hydrogen-bond acceptors (Lipinski definition) is 8. The number of fused-ring (bicyclic) bond motifs is 6. The van der Waals surface area contributed by atoms with E-state index in [0.717, 1.165) is 11.1 Å². The van der Waals surface area contributed by atoms with Crippen LogP contribution in [0.3, 0.4) is 0 Å². The van der Waals surface area contributed by atoms with Gasteiger partial charge in [-0.2, -0.15) is 0 Å². The Bertz CT molecular complexity index is 2090. The largest absolute Gasteiger partial charge is 0.493 e. The number of aromatic carboxylic acids is 2. The van der Waals surface area contributed by atoms with Crippen LogP contribution < -0.4 is 29.8 Å². The quantitative estimate of drug-likeness (QED) is 0.141. The van der Waals surface area contributed by atoms with Crippen LogP contribution in [0.15, 0.2) is 58.4 Å². The van der Waals surface area contributed by atoms with Crippen molar-refractivity contribution in [3.05, 3.63) is 91.5 Å². The number of benzene rings is 2. The van der Waals surface area contributed by atoms with Gasteiger partial charge in [0.15, 0.2) is 33.9 Å². The van der Waals surface area contributed by atoms with Crippen molar-refractivity contribution in [2.45, 2.75) is 65.5 Å². The summed E-state index contributed by atoms with van der Waals surface area (Å²) in [5.74, 6) is -1.31. The van der Waals surface area contributed by atoms with Gasteiger partial charge in [-0.15, -0.1) is 0 Å². The summed E-state index contributed by atoms with van der Waals surface area (Å²) in [4.78, 5) is 47.3. The number of nitrogens with zero attached hydrogens (tertiary/aromatic N) is 2. The molecule has 2 aromatic carbocycles. The van der Waals surface area contributed by atoms with E-state index in [1.807, 2.05) is 27.7 Å². The number of carboxylic acids is 2. The molecule has 2 aliphatic heterocycles. The van der Waals surface area contributed by atoms with E-state index in [9.17, 15) is 47.0 Å². The van der Waals surface area contributed by atoms with Gasteiger partial charge in [-0.1, -0.05) is 27.7 Å². The molecule has 0 bridgehead atoms. The smallest absolute Gasteiger partial charge is 0.341 e. The maximum atomic E-state index is 12.6. The highest BCUT2D eigenvalue weighted by Gasteiger charge is 2.31. The molecule has 4 heterocycles. The molecule has 2 atom stereocenters. The Morgan fingerprint density at radius 3 is 1.29 bits per heavy atom. The predicted octanol–water partition coefficient (Wildman–Crippen LogP) is 7.24. The minimum absolute atomic E-state index is 0.0995. The fourth-order valence-corrected chi connectivity index (χ4v) is 7.03. The lowest BCUT2D eigenvalue weighted by molar-refractivity contribution is 0.0683. The number of halogens is 4. The van der Waals surface area contributed by atoms with E-state index in [4.69, 9.17) is 18.9 Å². The summed E-state index contributed by atoms with van der Waals surface area (Å²) in [5.41, 5.74) is 2.39. The molecule has 0 radical (unpaired) electrons. The second kappa shape index (κ2) is 16.9. The maximum absolute atomic E-state index is 12.6. The van der Waals surface area contributed by atoms with Crippen LogP contribution in [0.5, 0.6) is 23.0 Å². The highest BCUT2D eigenvalue weighted by atomic mass is 19.3. The van der Waals surface area contributed by atoms with Crippen LogP contribution in [0.1, 0.15) is 71.6 Å². The van der Waals surface area contributed by atoms with Gasteiger partial charge in [0, 0.05) is 47.7 Å². The number of rotatable bonds is 12. The van der Waals surface area contributed by atoms with Gasteiger partial charge in [-0.3, -0.25) is 9.59 Å². The first-order valence-corrected chi connectivity index (χ1v) is 17.7. The third-order valence-electron chi connectivity index (χ3n) is 9.79. The molecule has 56 heavy (non-hydrogen) atoms. The lowest BCUT2D eigenvalue weighted by atomic mass is 9.87. The first-order valence-electron chi connectivity index (χ1n) is 17.7. The fourth-order valence-electron chi connectivity index (χ4n) is 7.03. The number of carbonyl (C=O) groups is 2. The molecule has 0 saturated heterocycles. The van der Waals surface area contributed by atoms with Gasteiger partial charge in [0.1, 0.15) is 24.3 Å². The van der Waals surface area contributed by atoms with Crippen LogP contribution in [0, 0.1) is 11.8 Å². The third-order valence-corrected chi connectivity index (χ3v) is 9.79. The molecular formula is C40H42F4N2O10. The summed E-state index contributed by atoms with van der Waals surface area (Å²) in [6.45, 7) is 6.48. The molecule has 300 valence electrons. The highest BCUT2D eigenvalue weighted by Crippen LogP contribution is 2.44. The molecule has 12 nitrogen and oxygen atoms in total. The molecule has 2 aromatic heterocycles. The first kappa shape index (κ1) is 41.4. The molecule has 0 amide bonds. The van der Waals surface area contributed by atoms with Crippen LogP contribution in [0.25, 0.3) is 22.5 Å². The number of carboxylic acid groups (broad SMARTS) is 2. The van der Waals surface area contributed by atoms with Crippen molar-refractivity contribution in [3.63, 3.8) is 0 Å². The van der Waals surface area contributed by atoms with Gasteiger partial charge in [0.2, 0.25) is 0 Å². The molecule has 0 fully saturated rings. The van der Waals surface area contributed by atoms with Crippen molar-refractivity contribution in [1.82, 2.24) is 9.13 Å². The summed E-state index contributed by atoms with van der Waals surface area (Å²) >= 11 is 0. The van der Waals surface area contributed by atoms with E-state index in [1.54, 1.807) is 33.4 Å². The fraction of sp³-hybridized carbons (Fsp3) is 0.400. The lowest BCUT2D eigenvalue weighted by Gasteiger charge is -2.33. The summed E-state index contributed by atoms with van der Waals surface area (Å²) in [7, 11) is 2.80. The Kier molecular flexibility index (Phi) is 12.5. The molecular weight excluding hydrogens is 744 g/mol. The monoisotopic (exact) mass is 786 g/mol. The van der Waals surface area contributed by atoms with E-state index < -0.39 is 48.9 Å². The van der Waals surface area contributed by atoms with E-state index in [-0.39, 0.29) is 58.0 Å². The molecule has 16 heteroatoms. The van der Waals surface area contributed by atoms with E-state index >= 15 is 0 Å². The Balaban J connectivity index is 0.000000214. The standard InChI is InChI=1S/2C20H21F2NO5/c2*1-10(2)14-4-11-5-18(28-9-19(21)22)17(27-3)6-12(11)15-7-16(24)13(20(25)26)8-23(14)15/h2*5-8,10,14,19H,4,9H2,1-3H3,(H,25,26)/t2*14-/m10/s1. The zero-order valence-corrected chi connectivity index (χ0v) is 31.5. The van der Waals surface area contributed by atoms with Crippen molar-refractivity contribution >= 4 is 11.9 Å². The van der Waals surface area contributed by atoms with Crippen LogP contribution in [0.2, 0.25) is 0 Å². The van der Waals surface area contributed by atoms with Crippen LogP contribution in [0.4, 0.5) is 17.6 Å². The second-order valence-corrected chi connectivity index (χ2v) is 14.1. The second-order valence-electron chi connectivity index (χ2n) is 14.1. The summed E-state index contributed by atoms with van der Waals surface area (Å²) in [6.07, 6.45) is -1.40. The van der Waals surface area contributed by atoms with Crippen molar-refractivity contribution in [2.24, 2.45) is 11.8 Å². The van der Waals surface area contributed by atoms with Crippen molar-refractivity contribution in [1.29, 1.82) is 0 Å². The SMILES string of the molecule is COc1cc2c(cc1OCC(F)F)C[C@@H](C(C)C)n1cc(C(=O)O)c(=O)cc1-2.COc1cc2c(cc1OCC(F)F)C[C@H](C(C)C)n1cc(C(=O)O)c(=O)cc1-2. The van der Waals surface area contributed by atoms with Crippen molar-refractivity contribution in [2.75, 3.05) is 27.4 Å². The molecule has 4 aromatic rings. The summed E-state index contributed by atoms with van der Waals surface area (Å²) < 4.78 is 74.8. The van der Waals surface area contributed by atoms with E-state index in [2.05, 4.69) is 0 Å². The predicted molar refractivity (Wildman–Crippen MR) is 197 cm³/mol. The molecule has 0 spiro atoms. The Morgan fingerprint density at radius 2 is 1.00 bits per heavy atom. The van der Waals surface area contributed by atoms with Crippen LogP contribution in [-0.4, -0.2) is 71.6 Å². The van der Waals surface area contributed by atoms with Crippen molar-refractivity contribution < 1.29 is 56.3 Å². The zero-order valence-electron chi connectivity index (χ0n) is 31.5. The Labute approximate surface area is 318 Å². The minimum Gasteiger partial charge on any atom is -0.493 e. The van der Waals surface area contributed by atoms with Gasteiger partial charge >= 0.3 is 11.9 Å². The number of aromatic nitrogens is 2. The minimum atomic E-state index is -2.61. The topological polar surface area (TPSA) is 156 Å². The van der Waals surface area contributed by atoms with E-state index in [1.165, 1.54) is 38.7 Å². The number of hydrogen-bond donors (Lipinski definition) is 2. The Morgan fingerprint density at radius 1 is 0.643 bits per heavy atom. The van der Waals surface area contributed by atoms with E-state index in [0.29, 0.717) is 35.4 Å². The average Bonchev–Trinajstić information content (AvgIpc) is 3.14. The van der Waals surface area contributed by atoms with Crippen molar-refractivity contribution in [3.8, 4) is 45.5 Å². The maximum Gasteiger partial charge on any atom is 0.341 e. The average molecular weight is 787 g/mol. The molecule has 6 rings (SSSR count). The third kappa shape index (κ3) is 8.53. The van der Waals surface area contributed by atoms with Gasteiger partial charge in [0.05, 0.1) is 25.6 Å². The molecule has 0 aliphatic carbocycles. The molecule has 2 N–H and O–H groups in total. The van der Waals surface area contributed by atoms with Crippen LogP contribution >= 0.6 is 0 Å². The molecule has 0 unspecified atom stereocenters. The first-order chi connectivity index (χ1) is 26.4. The summed E-state index contributed by atoms with van der Waals surface area (Å²) in [6, 6.07) is 8.99. The number of pyridine rings is 2. The van der Waals surface area contributed by atoms with Gasteiger partial charge < -0.3 is 38.3 Å². The number of methoxy groups -OCH3 is 2. The molecule has 2 aliphatic rings. The number of alkyl halides is 4.